The van der Waals surface area contributed by atoms with Gasteiger partial charge in [-0.3, -0.25) is 0 Å². The van der Waals surface area contributed by atoms with E-state index in [1.165, 1.54) is 0 Å². The van der Waals surface area contributed by atoms with E-state index >= 15 is 0 Å². The molecule has 8 heteroatoms. The lowest BCUT2D eigenvalue weighted by atomic mass is 10.3. The van der Waals surface area contributed by atoms with Gasteiger partial charge in [-0.15, -0.1) is 4.67 Å². The second kappa shape index (κ2) is 4.34. The second-order valence-electron chi connectivity index (χ2n) is 1.74. The third-order valence-electron chi connectivity index (χ3n) is 0.685. The van der Waals surface area contributed by atoms with Gasteiger partial charge in [-0.2, -0.15) is 0 Å². The molecule has 70 valence electrons. The predicted octanol–water partition coefficient (Wildman–Crippen LogP) is -0.332. The molecular formula is C4H7O7P. The molecule has 0 aliphatic heterocycles. The standard InChI is InChI=1S/C4H7O7P/c1-3(4(5)6)2-10-11-12(7,8)9/h1-2H2,(H,5,6)(H2,7,8,9). The minimum atomic E-state index is -4.71. The van der Waals surface area contributed by atoms with Crippen LogP contribution < -0.4 is 0 Å². The lowest BCUT2D eigenvalue weighted by Gasteiger charge is -2.03. The van der Waals surface area contributed by atoms with Crippen molar-refractivity contribution in [2.45, 2.75) is 0 Å². The lowest BCUT2D eigenvalue weighted by molar-refractivity contribution is -0.214. The Balaban J connectivity index is 3.65. The van der Waals surface area contributed by atoms with Gasteiger partial charge < -0.3 is 14.9 Å². The molecule has 3 N–H and O–H groups in total. The zero-order valence-electron chi connectivity index (χ0n) is 5.84. The number of carbonyl (C=O) groups is 1. The Hall–Kier alpha value is -0.720. The van der Waals surface area contributed by atoms with Crippen LogP contribution in [-0.4, -0.2) is 27.5 Å². The SMILES string of the molecule is C=C(COOP(=O)(O)O)C(=O)O. The summed E-state index contributed by atoms with van der Waals surface area (Å²) in [5.41, 5.74) is -0.372. The molecule has 0 spiro atoms. The summed E-state index contributed by atoms with van der Waals surface area (Å²) in [7, 11) is -4.71. The molecule has 0 rings (SSSR count). The molecule has 0 saturated heterocycles. The van der Waals surface area contributed by atoms with E-state index in [9.17, 15) is 9.36 Å². The van der Waals surface area contributed by atoms with E-state index in [1.54, 1.807) is 0 Å². The van der Waals surface area contributed by atoms with E-state index in [4.69, 9.17) is 14.9 Å². The van der Waals surface area contributed by atoms with Crippen molar-refractivity contribution in [3.63, 3.8) is 0 Å². The van der Waals surface area contributed by atoms with Crippen LogP contribution in [0.2, 0.25) is 0 Å². The van der Waals surface area contributed by atoms with Gasteiger partial charge in [0.1, 0.15) is 6.61 Å². The molecule has 0 unspecified atom stereocenters. The van der Waals surface area contributed by atoms with E-state index in [2.05, 4.69) is 16.1 Å². The van der Waals surface area contributed by atoms with E-state index in [1.807, 2.05) is 0 Å². The van der Waals surface area contributed by atoms with Gasteiger partial charge in [0.05, 0.1) is 5.57 Å². The van der Waals surface area contributed by atoms with Crippen LogP contribution in [0.5, 0.6) is 0 Å². The summed E-state index contributed by atoms with van der Waals surface area (Å²) < 4.78 is 13.4. The van der Waals surface area contributed by atoms with Crippen molar-refractivity contribution in [1.29, 1.82) is 0 Å². The van der Waals surface area contributed by atoms with Crippen LogP contribution in [0.15, 0.2) is 12.2 Å². The van der Waals surface area contributed by atoms with Gasteiger partial charge in [-0.25, -0.2) is 14.2 Å². The fourth-order valence-electron chi connectivity index (χ4n) is 0.228. The van der Waals surface area contributed by atoms with Crippen LogP contribution in [0, 0.1) is 0 Å². The van der Waals surface area contributed by atoms with Crippen molar-refractivity contribution in [2.24, 2.45) is 0 Å². The maximum atomic E-state index is 10.0. The molecule has 0 bridgehead atoms. The first-order valence-corrected chi connectivity index (χ1v) is 4.14. The molecule has 0 saturated carbocycles. The highest BCUT2D eigenvalue weighted by Crippen LogP contribution is 2.35. The van der Waals surface area contributed by atoms with Crippen molar-refractivity contribution in [3.8, 4) is 0 Å². The molecule has 7 nitrogen and oxygen atoms in total. The fraction of sp³-hybridized carbons (Fsp3) is 0.250. The monoisotopic (exact) mass is 198 g/mol. The number of carboxylic acids is 1. The molecule has 0 aromatic heterocycles. The molecular weight excluding hydrogens is 191 g/mol. The first-order valence-electron chi connectivity index (χ1n) is 2.61. The highest BCUT2D eigenvalue weighted by molar-refractivity contribution is 7.46. The smallest absolute Gasteiger partial charge is 0.478 e. The number of aliphatic carboxylic acids is 1. The predicted molar refractivity (Wildman–Crippen MR) is 35.9 cm³/mol. The van der Waals surface area contributed by atoms with Gasteiger partial charge in [-0.05, 0) is 0 Å². The summed E-state index contributed by atoms with van der Waals surface area (Å²) in [4.78, 5) is 30.0. The van der Waals surface area contributed by atoms with Crippen LogP contribution in [0.4, 0.5) is 0 Å². The normalized spacial score (nSPS) is 11.2. The van der Waals surface area contributed by atoms with Gasteiger partial charge in [0.25, 0.3) is 0 Å². The Morgan fingerprint density at radius 2 is 2.00 bits per heavy atom. The average molecular weight is 198 g/mol. The first kappa shape index (κ1) is 11.3. The fourth-order valence-corrected chi connectivity index (χ4v) is 0.418. The Morgan fingerprint density at radius 1 is 1.50 bits per heavy atom. The highest BCUT2D eigenvalue weighted by atomic mass is 31.2. The van der Waals surface area contributed by atoms with Crippen molar-refractivity contribution in [3.05, 3.63) is 12.2 Å². The van der Waals surface area contributed by atoms with Crippen molar-refractivity contribution in [1.82, 2.24) is 0 Å². The first-order chi connectivity index (χ1) is 5.33. The van der Waals surface area contributed by atoms with Crippen molar-refractivity contribution in [2.75, 3.05) is 6.61 Å². The summed E-state index contributed by atoms with van der Waals surface area (Å²) in [5.74, 6) is -1.33. The molecule has 0 atom stereocenters. The molecule has 0 aromatic carbocycles. The van der Waals surface area contributed by atoms with E-state index in [0.717, 1.165) is 0 Å². The molecule has 0 aliphatic rings. The van der Waals surface area contributed by atoms with Crippen molar-refractivity contribution >= 4 is 13.8 Å². The Bertz CT molecular complexity index is 228. The van der Waals surface area contributed by atoms with Crippen LogP contribution in [0.3, 0.4) is 0 Å². The summed E-state index contributed by atoms with van der Waals surface area (Å²) in [6.45, 7) is 2.41. The van der Waals surface area contributed by atoms with Gasteiger partial charge in [0, 0.05) is 0 Å². The molecule has 0 aromatic rings. The summed E-state index contributed by atoms with van der Waals surface area (Å²) in [5, 5.41) is 8.18. The van der Waals surface area contributed by atoms with Crippen LogP contribution in [-0.2, 0) is 18.9 Å². The topological polar surface area (TPSA) is 113 Å². The number of hydrogen-bond donors (Lipinski definition) is 3. The summed E-state index contributed by atoms with van der Waals surface area (Å²) >= 11 is 0. The van der Waals surface area contributed by atoms with Gasteiger partial charge in [0.2, 0.25) is 0 Å². The Labute approximate surface area is 67.4 Å². The number of hydrogen-bond acceptors (Lipinski definition) is 4. The molecule has 0 fully saturated rings. The number of phosphoric acid groups is 1. The third kappa shape index (κ3) is 6.02. The zero-order chi connectivity index (χ0) is 9.78. The summed E-state index contributed by atoms with van der Waals surface area (Å²) in [6, 6.07) is 0. The maximum absolute atomic E-state index is 10.0. The Kier molecular flexibility index (Phi) is 4.08. The van der Waals surface area contributed by atoms with E-state index in [-0.39, 0.29) is 5.57 Å². The van der Waals surface area contributed by atoms with Crippen LogP contribution in [0.1, 0.15) is 0 Å². The van der Waals surface area contributed by atoms with Gasteiger partial charge in [0.15, 0.2) is 0 Å². The van der Waals surface area contributed by atoms with Gasteiger partial charge >= 0.3 is 13.8 Å². The molecule has 12 heavy (non-hydrogen) atoms. The number of carboxylic acid groups (broad SMARTS) is 1. The average Bonchev–Trinajstić information content (AvgIpc) is 1.84. The van der Waals surface area contributed by atoms with E-state index < -0.39 is 20.4 Å². The third-order valence-corrected chi connectivity index (χ3v) is 0.985. The summed E-state index contributed by atoms with van der Waals surface area (Å²) in [6.07, 6.45) is 0. The maximum Gasteiger partial charge on any atom is 0.496 e. The van der Waals surface area contributed by atoms with Crippen LogP contribution in [0.25, 0.3) is 0 Å². The van der Waals surface area contributed by atoms with Crippen LogP contribution >= 0.6 is 7.82 Å². The minimum Gasteiger partial charge on any atom is -0.478 e. The van der Waals surface area contributed by atoms with Gasteiger partial charge in [-0.1, -0.05) is 6.58 Å². The van der Waals surface area contributed by atoms with E-state index in [0.29, 0.717) is 0 Å². The number of rotatable bonds is 5. The molecule has 0 aliphatic carbocycles. The Morgan fingerprint density at radius 3 is 2.33 bits per heavy atom. The van der Waals surface area contributed by atoms with Crippen molar-refractivity contribution < 1.29 is 33.8 Å². The highest BCUT2D eigenvalue weighted by Gasteiger charge is 2.16. The molecule has 0 amide bonds. The quantitative estimate of drug-likeness (QED) is 0.240. The molecule has 0 radical (unpaired) electrons. The minimum absolute atomic E-state index is 0.372. The zero-order valence-corrected chi connectivity index (χ0v) is 6.73. The second-order valence-corrected chi connectivity index (χ2v) is 2.87. The molecule has 0 heterocycles. The largest absolute Gasteiger partial charge is 0.496 e. The lowest BCUT2D eigenvalue weighted by Crippen LogP contribution is -2.06.